The van der Waals surface area contributed by atoms with Gasteiger partial charge in [-0.1, -0.05) is 11.6 Å². The van der Waals surface area contributed by atoms with Crippen molar-refractivity contribution in [1.29, 1.82) is 0 Å². The van der Waals surface area contributed by atoms with Crippen molar-refractivity contribution in [2.45, 2.75) is 30.8 Å². The van der Waals surface area contributed by atoms with Crippen LogP contribution in [0.4, 0.5) is 4.39 Å². The highest BCUT2D eigenvalue weighted by Gasteiger charge is 2.33. The van der Waals surface area contributed by atoms with E-state index in [9.17, 15) is 12.8 Å². The van der Waals surface area contributed by atoms with Crippen LogP contribution in [0, 0.1) is 5.82 Å². The molecule has 0 aliphatic carbocycles. The fraction of sp³-hybridized carbons (Fsp3) is 0.500. The fourth-order valence-electron chi connectivity index (χ4n) is 2.10. The number of piperazine rings is 1. The molecule has 0 bridgehead atoms. The second-order valence-corrected chi connectivity index (χ2v) is 7.11. The molecular formula is C12H16ClFN2O2S. The van der Waals surface area contributed by atoms with E-state index in [1.807, 2.05) is 13.8 Å². The Balaban J connectivity index is 2.38. The van der Waals surface area contributed by atoms with E-state index in [0.29, 0.717) is 13.1 Å². The molecule has 1 aromatic carbocycles. The van der Waals surface area contributed by atoms with Gasteiger partial charge in [-0.2, -0.15) is 4.31 Å². The third-order valence-corrected chi connectivity index (χ3v) is 5.47. The predicted molar refractivity (Wildman–Crippen MR) is 72.2 cm³/mol. The fourth-order valence-corrected chi connectivity index (χ4v) is 4.09. The Morgan fingerprint density at radius 2 is 2.11 bits per heavy atom. The summed E-state index contributed by atoms with van der Waals surface area (Å²) >= 11 is 5.65. The predicted octanol–water partition coefficient (Wildman–Crippen LogP) is 1.85. The van der Waals surface area contributed by atoms with Crippen LogP contribution < -0.4 is 5.32 Å². The summed E-state index contributed by atoms with van der Waals surface area (Å²) in [7, 11) is -3.64. The van der Waals surface area contributed by atoms with Crippen LogP contribution in [0.1, 0.15) is 13.8 Å². The maximum absolute atomic E-state index is 13.1. The summed E-state index contributed by atoms with van der Waals surface area (Å²) in [6.45, 7) is 4.74. The summed E-state index contributed by atoms with van der Waals surface area (Å²) < 4.78 is 39.6. The van der Waals surface area contributed by atoms with Crippen molar-refractivity contribution in [3.05, 3.63) is 29.0 Å². The van der Waals surface area contributed by atoms with E-state index in [1.165, 1.54) is 10.4 Å². The van der Waals surface area contributed by atoms with E-state index in [0.717, 1.165) is 12.1 Å². The first kappa shape index (κ1) is 14.7. The Morgan fingerprint density at radius 3 is 2.74 bits per heavy atom. The molecule has 0 amide bonds. The lowest BCUT2D eigenvalue weighted by Gasteiger charge is -2.36. The normalized spacial score (nSPS) is 25.5. The zero-order valence-corrected chi connectivity index (χ0v) is 12.3. The lowest BCUT2D eigenvalue weighted by atomic mass is 10.2. The van der Waals surface area contributed by atoms with Crippen molar-refractivity contribution in [3.63, 3.8) is 0 Å². The van der Waals surface area contributed by atoms with Gasteiger partial charge in [-0.05, 0) is 32.0 Å². The molecule has 1 aromatic rings. The lowest BCUT2D eigenvalue weighted by Crippen LogP contribution is -2.56. The van der Waals surface area contributed by atoms with Crippen molar-refractivity contribution in [3.8, 4) is 0 Å². The topological polar surface area (TPSA) is 49.4 Å². The Morgan fingerprint density at radius 1 is 1.42 bits per heavy atom. The summed E-state index contributed by atoms with van der Waals surface area (Å²) in [6.07, 6.45) is 0. The number of nitrogens with one attached hydrogen (secondary N) is 1. The van der Waals surface area contributed by atoms with Gasteiger partial charge in [0, 0.05) is 25.2 Å². The molecule has 2 rings (SSSR count). The molecular weight excluding hydrogens is 291 g/mol. The smallest absolute Gasteiger partial charge is 0.243 e. The maximum atomic E-state index is 13.1. The molecule has 106 valence electrons. The van der Waals surface area contributed by atoms with E-state index in [1.54, 1.807) is 0 Å². The summed E-state index contributed by atoms with van der Waals surface area (Å²) in [4.78, 5) is 0.0276. The average molecular weight is 307 g/mol. The Labute approximate surface area is 117 Å². The van der Waals surface area contributed by atoms with Gasteiger partial charge in [-0.25, -0.2) is 12.8 Å². The maximum Gasteiger partial charge on any atom is 0.243 e. The summed E-state index contributed by atoms with van der Waals surface area (Å²) in [5, 5.41) is 3.03. The number of sulfonamides is 1. The molecule has 0 aromatic heterocycles. The first-order valence-electron chi connectivity index (χ1n) is 6.02. The monoisotopic (exact) mass is 306 g/mol. The highest BCUT2D eigenvalue weighted by Crippen LogP contribution is 2.24. The molecule has 7 heteroatoms. The van der Waals surface area contributed by atoms with Gasteiger partial charge in [0.2, 0.25) is 10.0 Å². The van der Waals surface area contributed by atoms with Gasteiger partial charge >= 0.3 is 0 Å². The molecule has 1 fully saturated rings. The van der Waals surface area contributed by atoms with Gasteiger partial charge in [0.15, 0.2) is 0 Å². The van der Waals surface area contributed by atoms with Crippen LogP contribution >= 0.6 is 11.6 Å². The summed E-state index contributed by atoms with van der Waals surface area (Å²) in [6, 6.07) is 3.42. The molecule has 2 atom stereocenters. The molecule has 19 heavy (non-hydrogen) atoms. The van der Waals surface area contributed by atoms with Crippen molar-refractivity contribution in [2.75, 3.05) is 13.1 Å². The lowest BCUT2D eigenvalue weighted by molar-refractivity contribution is 0.244. The standard InChI is InChI=1S/C12H16ClFN2O2S/c1-8-7-16(9(2)6-15-8)19(17,18)10-3-4-12(14)11(13)5-10/h3-5,8-9,15H,6-7H2,1-2H3. The van der Waals surface area contributed by atoms with Crippen LogP contribution in [0.3, 0.4) is 0 Å². The minimum Gasteiger partial charge on any atom is -0.311 e. The van der Waals surface area contributed by atoms with E-state index < -0.39 is 15.8 Å². The molecule has 1 aliphatic heterocycles. The highest BCUT2D eigenvalue weighted by molar-refractivity contribution is 7.89. The first-order valence-corrected chi connectivity index (χ1v) is 7.84. The van der Waals surface area contributed by atoms with Gasteiger partial charge in [0.1, 0.15) is 5.82 Å². The number of hydrogen-bond acceptors (Lipinski definition) is 3. The van der Waals surface area contributed by atoms with Crippen molar-refractivity contribution in [1.82, 2.24) is 9.62 Å². The van der Waals surface area contributed by atoms with Crippen LogP contribution in [-0.4, -0.2) is 37.9 Å². The molecule has 2 unspecified atom stereocenters. The second kappa shape index (κ2) is 5.36. The Bertz CT molecular complexity index is 579. The van der Waals surface area contributed by atoms with E-state index in [4.69, 9.17) is 11.6 Å². The zero-order chi connectivity index (χ0) is 14.2. The number of hydrogen-bond donors (Lipinski definition) is 1. The van der Waals surface area contributed by atoms with Gasteiger partial charge in [-0.3, -0.25) is 0 Å². The molecule has 0 radical (unpaired) electrons. The van der Waals surface area contributed by atoms with Gasteiger partial charge < -0.3 is 5.32 Å². The third-order valence-electron chi connectivity index (χ3n) is 3.20. The molecule has 4 nitrogen and oxygen atoms in total. The summed E-state index contributed by atoms with van der Waals surface area (Å²) in [5.74, 6) is -0.623. The zero-order valence-electron chi connectivity index (χ0n) is 10.7. The van der Waals surface area contributed by atoms with Crippen LogP contribution in [-0.2, 0) is 10.0 Å². The number of rotatable bonds is 2. The second-order valence-electron chi connectivity index (χ2n) is 4.81. The molecule has 1 aliphatic rings. The molecule has 1 N–H and O–H groups in total. The molecule has 1 heterocycles. The van der Waals surface area contributed by atoms with Gasteiger partial charge in [0.05, 0.1) is 9.92 Å². The quantitative estimate of drug-likeness (QED) is 0.907. The number of nitrogens with zero attached hydrogens (tertiary/aromatic N) is 1. The molecule has 0 spiro atoms. The molecule has 1 saturated heterocycles. The number of halogens is 2. The first-order chi connectivity index (χ1) is 8.82. The van der Waals surface area contributed by atoms with Crippen LogP contribution in [0.15, 0.2) is 23.1 Å². The largest absolute Gasteiger partial charge is 0.311 e. The highest BCUT2D eigenvalue weighted by atomic mass is 35.5. The third kappa shape index (κ3) is 2.91. The number of benzene rings is 1. The minimum atomic E-state index is -3.64. The average Bonchev–Trinajstić information content (AvgIpc) is 2.35. The van der Waals surface area contributed by atoms with Crippen molar-refractivity contribution in [2.24, 2.45) is 0 Å². The van der Waals surface area contributed by atoms with Crippen LogP contribution in [0.25, 0.3) is 0 Å². The van der Waals surface area contributed by atoms with E-state index in [-0.39, 0.29) is 22.0 Å². The van der Waals surface area contributed by atoms with E-state index in [2.05, 4.69) is 5.32 Å². The Kier molecular flexibility index (Phi) is 4.15. The van der Waals surface area contributed by atoms with Crippen LogP contribution in [0.2, 0.25) is 5.02 Å². The minimum absolute atomic E-state index is 0.0276. The van der Waals surface area contributed by atoms with Crippen molar-refractivity contribution >= 4 is 21.6 Å². The van der Waals surface area contributed by atoms with Gasteiger partial charge in [-0.15, -0.1) is 0 Å². The SMILES string of the molecule is CC1CN(S(=O)(=O)c2ccc(F)c(Cl)c2)C(C)CN1. The van der Waals surface area contributed by atoms with Gasteiger partial charge in [0.25, 0.3) is 0 Å². The molecule has 0 saturated carbocycles. The summed E-state index contributed by atoms with van der Waals surface area (Å²) in [5.41, 5.74) is 0. The Hall–Kier alpha value is -0.690. The van der Waals surface area contributed by atoms with Crippen LogP contribution in [0.5, 0.6) is 0 Å². The van der Waals surface area contributed by atoms with E-state index >= 15 is 0 Å². The van der Waals surface area contributed by atoms with Crippen molar-refractivity contribution < 1.29 is 12.8 Å².